The van der Waals surface area contributed by atoms with Gasteiger partial charge in [-0.05, 0) is 37.4 Å². The lowest BCUT2D eigenvalue weighted by Gasteiger charge is -2.08. The molecule has 0 N–H and O–H groups in total. The van der Waals surface area contributed by atoms with Gasteiger partial charge in [0, 0.05) is 21.9 Å². The second kappa shape index (κ2) is 8.04. The number of aryl methyl sites for hydroxylation is 1. The number of thiophene rings is 1. The summed E-state index contributed by atoms with van der Waals surface area (Å²) in [5.41, 5.74) is 3.73. The molecule has 0 radical (unpaired) electrons. The van der Waals surface area contributed by atoms with Crippen LogP contribution in [0.25, 0.3) is 22.0 Å². The number of ether oxygens (including phenoxy) is 1. The summed E-state index contributed by atoms with van der Waals surface area (Å²) in [5.74, 6) is 0.281. The van der Waals surface area contributed by atoms with Crippen LogP contribution in [0.1, 0.15) is 30.2 Å². The van der Waals surface area contributed by atoms with Crippen LogP contribution >= 0.6 is 22.7 Å². The fraction of sp³-hybridized carbons (Fsp3) is 0.200. The van der Waals surface area contributed by atoms with Gasteiger partial charge in [-0.1, -0.05) is 17.7 Å². The van der Waals surface area contributed by atoms with Crippen LogP contribution < -0.4 is 0 Å². The molecule has 8 heteroatoms. The number of nitrogens with zero attached hydrogens (tertiary/aromatic N) is 3. The van der Waals surface area contributed by atoms with Crippen molar-refractivity contribution in [2.45, 2.75) is 26.4 Å². The average Bonchev–Trinajstić information content (AvgIpc) is 3.43. The second-order valence-corrected chi connectivity index (χ2v) is 7.91. The lowest BCUT2D eigenvalue weighted by Crippen LogP contribution is -2.12. The van der Waals surface area contributed by atoms with Gasteiger partial charge in [-0.2, -0.15) is 11.3 Å². The van der Waals surface area contributed by atoms with Crippen LogP contribution in [0.2, 0.25) is 0 Å². The predicted octanol–water partition coefficient (Wildman–Crippen LogP) is 5.08. The van der Waals surface area contributed by atoms with Crippen molar-refractivity contribution in [1.82, 2.24) is 15.2 Å². The highest BCUT2D eigenvalue weighted by molar-refractivity contribution is 7.14. The van der Waals surface area contributed by atoms with Crippen molar-refractivity contribution < 1.29 is 13.9 Å². The van der Waals surface area contributed by atoms with Crippen LogP contribution in [-0.4, -0.2) is 21.2 Å². The minimum absolute atomic E-state index is 0.101. The number of carbonyl (C=O) groups is 1. The Bertz CT molecular complexity index is 1070. The van der Waals surface area contributed by atoms with Gasteiger partial charge in [0.15, 0.2) is 6.10 Å². The zero-order valence-corrected chi connectivity index (χ0v) is 16.9. The Kier molecular flexibility index (Phi) is 5.31. The van der Waals surface area contributed by atoms with Gasteiger partial charge >= 0.3 is 5.97 Å². The standard InChI is InChI=1S/C20H17N3O3S2/c1-12-3-5-14(6-4-12)19-23-22-18(26-19)13(2)25-17(24)9-16-11-28-20(21-16)15-7-8-27-10-15/h3-8,10-11,13H,9H2,1-2H3/t13-/m0/s1. The van der Waals surface area contributed by atoms with E-state index in [1.807, 2.05) is 53.4 Å². The molecule has 0 spiro atoms. The molecule has 0 aliphatic heterocycles. The molecule has 4 rings (SSSR count). The summed E-state index contributed by atoms with van der Waals surface area (Å²) in [6.45, 7) is 3.72. The highest BCUT2D eigenvalue weighted by Gasteiger charge is 2.20. The summed E-state index contributed by atoms with van der Waals surface area (Å²) in [6, 6.07) is 9.78. The van der Waals surface area contributed by atoms with Crippen molar-refractivity contribution >= 4 is 28.6 Å². The van der Waals surface area contributed by atoms with E-state index in [-0.39, 0.29) is 18.3 Å². The molecule has 142 valence electrons. The van der Waals surface area contributed by atoms with Crippen molar-refractivity contribution in [3.8, 4) is 22.0 Å². The normalized spacial score (nSPS) is 12.1. The Morgan fingerprint density at radius 2 is 1.96 bits per heavy atom. The summed E-state index contributed by atoms with van der Waals surface area (Å²) in [6.07, 6.45) is -0.529. The van der Waals surface area contributed by atoms with E-state index < -0.39 is 6.10 Å². The van der Waals surface area contributed by atoms with Crippen LogP contribution in [0.4, 0.5) is 0 Å². The van der Waals surface area contributed by atoms with E-state index in [4.69, 9.17) is 9.15 Å². The Hall–Kier alpha value is -2.84. The van der Waals surface area contributed by atoms with Crippen LogP contribution in [0.5, 0.6) is 0 Å². The molecule has 3 heterocycles. The molecule has 0 fully saturated rings. The van der Waals surface area contributed by atoms with Gasteiger partial charge in [0.2, 0.25) is 5.89 Å². The van der Waals surface area contributed by atoms with Crippen LogP contribution in [-0.2, 0) is 16.0 Å². The number of thiazole rings is 1. The highest BCUT2D eigenvalue weighted by atomic mass is 32.1. The molecule has 6 nitrogen and oxygen atoms in total. The van der Waals surface area contributed by atoms with Crippen molar-refractivity contribution in [2.75, 3.05) is 0 Å². The van der Waals surface area contributed by atoms with Crippen molar-refractivity contribution in [3.05, 3.63) is 63.6 Å². The SMILES string of the molecule is Cc1ccc(-c2nnc([C@H](C)OC(=O)Cc3csc(-c4ccsc4)n3)o2)cc1. The number of aromatic nitrogens is 3. The fourth-order valence-electron chi connectivity index (χ4n) is 2.56. The summed E-state index contributed by atoms with van der Waals surface area (Å²) in [4.78, 5) is 16.8. The lowest BCUT2D eigenvalue weighted by atomic mass is 10.1. The first-order valence-corrected chi connectivity index (χ1v) is 10.5. The molecule has 0 saturated heterocycles. The first kappa shape index (κ1) is 18.5. The van der Waals surface area contributed by atoms with E-state index in [1.165, 1.54) is 11.3 Å². The maximum absolute atomic E-state index is 12.3. The predicted molar refractivity (Wildman–Crippen MR) is 108 cm³/mol. The Morgan fingerprint density at radius 3 is 2.71 bits per heavy atom. The van der Waals surface area contributed by atoms with Crippen molar-refractivity contribution in [3.63, 3.8) is 0 Å². The maximum atomic E-state index is 12.3. The summed E-state index contributed by atoms with van der Waals surface area (Å²) < 4.78 is 11.1. The molecule has 0 aliphatic rings. The lowest BCUT2D eigenvalue weighted by molar-refractivity contribution is -0.148. The molecular weight excluding hydrogens is 394 g/mol. The first-order valence-electron chi connectivity index (χ1n) is 8.65. The molecule has 0 unspecified atom stereocenters. The molecular formula is C20H17N3O3S2. The molecule has 4 aromatic rings. The summed E-state index contributed by atoms with van der Waals surface area (Å²) >= 11 is 3.13. The van der Waals surface area contributed by atoms with E-state index in [0.29, 0.717) is 11.6 Å². The quantitative estimate of drug-likeness (QED) is 0.412. The largest absolute Gasteiger partial charge is 0.452 e. The number of carbonyl (C=O) groups excluding carboxylic acids is 1. The maximum Gasteiger partial charge on any atom is 0.312 e. The van der Waals surface area contributed by atoms with Gasteiger partial charge in [-0.15, -0.1) is 21.5 Å². The molecule has 3 aromatic heterocycles. The number of rotatable bonds is 6. The molecule has 0 saturated carbocycles. The Labute approximate surface area is 169 Å². The van der Waals surface area contributed by atoms with E-state index in [0.717, 1.165) is 21.7 Å². The number of esters is 1. The molecule has 0 amide bonds. The Balaban J connectivity index is 1.37. The van der Waals surface area contributed by atoms with Gasteiger partial charge in [0.25, 0.3) is 5.89 Å². The minimum Gasteiger partial charge on any atom is -0.452 e. The molecule has 28 heavy (non-hydrogen) atoms. The number of hydrogen-bond acceptors (Lipinski definition) is 8. The topological polar surface area (TPSA) is 78.1 Å². The summed E-state index contributed by atoms with van der Waals surface area (Å²) in [5, 5.41) is 14.9. The second-order valence-electron chi connectivity index (χ2n) is 6.28. The third-order valence-electron chi connectivity index (χ3n) is 4.04. The molecule has 0 aliphatic carbocycles. The van der Waals surface area contributed by atoms with E-state index >= 15 is 0 Å². The van der Waals surface area contributed by atoms with Crippen molar-refractivity contribution in [2.24, 2.45) is 0 Å². The molecule has 1 atom stereocenters. The Morgan fingerprint density at radius 1 is 1.14 bits per heavy atom. The monoisotopic (exact) mass is 411 g/mol. The van der Waals surface area contributed by atoms with Gasteiger partial charge in [0.1, 0.15) is 5.01 Å². The van der Waals surface area contributed by atoms with Gasteiger partial charge in [0.05, 0.1) is 12.1 Å². The van der Waals surface area contributed by atoms with Crippen LogP contribution in [0.3, 0.4) is 0 Å². The van der Waals surface area contributed by atoms with Crippen LogP contribution in [0.15, 0.2) is 50.9 Å². The average molecular weight is 412 g/mol. The number of benzene rings is 1. The smallest absolute Gasteiger partial charge is 0.312 e. The van der Waals surface area contributed by atoms with E-state index in [2.05, 4.69) is 15.2 Å². The fourth-order valence-corrected chi connectivity index (χ4v) is 4.09. The van der Waals surface area contributed by atoms with E-state index in [9.17, 15) is 4.79 Å². The van der Waals surface area contributed by atoms with Crippen LogP contribution in [0, 0.1) is 6.92 Å². The van der Waals surface area contributed by atoms with E-state index in [1.54, 1.807) is 18.3 Å². The third-order valence-corrected chi connectivity index (χ3v) is 5.66. The first-order chi connectivity index (χ1) is 13.6. The van der Waals surface area contributed by atoms with Crippen molar-refractivity contribution in [1.29, 1.82) is 0 Å². The third kappa shape index (κ3) is 4.18. The highest BCUT2D eigenvalue weighted by Crippen LogP contribution is 2.27. The van der Waals surface area contributed by atoms with Gasteiger partial charge < -0.3 is 9.15 Å². The number of hydrogen-bond donors (Lipinski definition) is 0. The molecule has 1 aromatic carbocycles. The minimum atomic E-state index is -0.630. The zero-order valence-electron chi connectivity index (χ0n) is 15.3. The van der Waals surface area contributed by atoms with Gasteiger partial charge in [-0.3, -0.25) is 4.79 Å². The van der Waals surface area contributed by atoms with Gasteiger partial charge in [-0.25, -0.2) is 4.98 Å². The summed E-state index contributed by atoms with van der Waals surface area (Å²) in [7, 11) is 0. The zero-order chi connectivity index (χ0) is 19.5. The molecule has 0 bridgehead atoms.